The molecule has 0 spiro atoms. The molecule has 0 amide bonds. The lowest BCUT2D eigenvalue weighted by Gasteiger charge is -2.13. The van der Waals surface area contributed by atoms with Crippen LogP contribution in [0, 0.1) is 0 Å². The lowest BCUT2D eigenvalue weighted by Crippen LogP contribution is -2.32. The topological polar surface area (TPSA) is 167 Å². The number of sulfone groups is 1. The van der Waals surface area contributed by atoms with E-state index in [0.717, 1.165) is 6.26 Å². The van der Waals surface area contributed by atoms with Gasteiger partial charge in [-0.1, -0.05) is 0 Å². The predicted octanol–water partition coefficient (Wildman–Crippen LogP) is -0.227. The highest BCUT2D eigenvalue weighted by atomic mass is 32.3. The molecule has 24 heavy (non-hydrogen) atoms. The minimum absolute atomic E-state index is 0.0289. The minimum atomic E-state index is -4.17. The van der Waals surface area contributed by atoms with Crippen molar-refractivity contribution in [2.24, 2.45) is 0 Å². The monoisotopic (exact) mass is 385 g/mol. The third-order valence-corrected chi connectivity index (χ3v) is 4.03. The van der Waals surface area contributed by atoms with Crippen molar-refractivity contribution in [3.63, 3.8) is 0 Å². The first-order valence-corrected chi connectivity index (χ1v) is 9.68. The van der Waals surface area contributed by atoms with Gasteiger partial charge in [0, 0.05) is 11.9 Å². The van der Waals surface area contributed by atoms with Crippen LogP contribution in [0.15, 0.2) is 29.2 Å². The molecule has 0 aliphatic carbocycles. The van der Waals surface area contributed by atoms with Gasteiger partial charge in [0.2, 0.25) is 0 Å². The molecule has 1 aromatic rings. The van der Waals surface area contributed by atoms with E-state index in [1.54, 1.807) is 0 Å². The van der Waals surface area contributed by atoms with Crippen molar-refractivity contribution in [3.05, 3.63) is 24.3 Å². The number of aliphatic carboxylic acids is 1. The highest BCUT2D eigenvalue weighted by molar-refractivity contribution is 7.90. The van der Waals surface area contributed by atoms with Gasteiger partial charge in [-0.05, 0) is 31.2 Å². The van der Waals surface area contributed by atoms with Crippen molar-refractivity contribution in [3.8, 4) is 0 Å². The number of hydrogen-bond acceptors (Lipinski definition) is 8. The van der Waals surface area contributed by atoms with E-state index >= 15 is 0 Å². The highest BCUT2D eigenvalue weighted by Crippen LogP contribution is 2.14. The fraction of sp³-hybridized carbons (Fsp3) is 0.417. The fourth-order valence-corrected chi connectivity index (χ4v) is 2.26. The standard InChI is InChI=1S/C10H13NO5S.C2H6O4S/c1-17(15,16)8-4-2-7(3-5-8)11-9(6-12)10(13)14;1-2-6-7(3,4)5/h2-5,9,11-12H,6H2,1H3,(H,13,14);2H2,1H3,(H,3,4,5). The third-order valence-electron chi connectivity index (χ3n) is 2.37. The van der Waals surface area contributed by atoms with Gasteiger partial charge in [-0.25, -0.2) is 17.4 Å². The third kappa shape index (κ3) is 9.42. The number of aliphatic hydroxyl groups is 1. The van der Waals surface area contributed by atoms with Gasteiger partial charge in [-0.3, -0.25) is 4.55 Å². The summed E-state index contributed by atoms with van der Waals surface area (Å²) >= 11 is 0. The average Bonchev–Trinajstić information content (AvgIpc) is 2.43. The van der Waals surface area contributed by atoms with Crippen molar-refractivity contribution in [1.29, 1.82) is 0 Å². The van der Waals surface area contributed by atoms with Gasteiger partial charge < -0.3 is 15.5 Å². The Balaban J connectivity index is 0.000000640. The zero-order valence-corrected chi connectivity index (χ0v) is 14.5. The smallest absolute Gasteiger partial charge is 0.397 e. The summed E-state index contributed by atoms with van der Waals surface area (Å²) in [6.45, 7) is 0.885. The maximum Gasteiger partial charge on any atom is 0.397 e. The highest BCUT2D eigenvalue weighted by Gasteiger charge is 2.15. The molecule has 0 aromatic heterocycles. The summed E-state index contributed by atoms with van der Waals surface area (Å²) in [6, 6.07) is 4.52. The number of carbonyl (C=O) groups is 1. The summed E-state index contributed by atoms with van der Waals surface area (Å²) in [5.74, 6) is -1.18. The van der Waals surface area contributed by atoms with Gasteiger partial charge in [0.25, 0.3) is 0 Å². The number of carboxylic acids is 1. The molecule has 138 valence electrons. The van der Waals surface area contributed by atoms with Crippen molar-refractivity contribution in [2.45, 2.75) is 17.9 Å². The molecule has 0 aliphatic heterocycles. The summed E-state index contributed by atoms with van der Waals surface area (Å²) in [5, 5.41) is 20.1. The SMILES string of the molecule is CCOS(=O)(=O)O.CS(=O)(=O)c1ccc(NC(CO)C(=O)O)cc1. The molecule has 1 aromatic carbocycles. The second kappa shape index (κ2) is 9.54. The fourth-order valence-electron chi connectivity index (χ4n) is 1.33. The van der Waals surface area contributed by atoms with Crippen LogP contribution in [-0.2, 0) is 29.2 Å². The molecule has 0 fully saturated rings. The van der Waals surface area contributed by atoms with Crippen LogP contribution in [0.1, 0.15) is 6.92 Å². The molecule has 0 aliphatic rings. The summed E-state index contributed by atoms with van der Waals surface area (Å²) in [4.78, 5) is 10.8. The summed E-state index contributed by atoms with van der Waals surface area (Å²) in [7, 11) is -7.44. The second-order valence-corrected chi connectivity index (χ2v) is 7.46. The first kappa shape index (κ1) is 22.3. The van der Waals surface area contributed by atoms with E-state index in [1.165, 1.54) is 31.2 Å². The maximum atomic E-state index is 11.2. The van der Waals surface area contributed by atoms with Crippen LogP contribution >= 0.6 is 0 Å². The number of aliphatic hydroxyl groups excluding tert-OH is 1. The van der Waals surface area contributed by atoms with Crippen LogP contribution < -0.4 is 5.32 Å². The summed E-state index contributed by atoms with van der Waals surface area (Å²) < 4.78 is 53.0. The van der Waals surface area contributed by atoms with Crippen LogP contribution in [0.5, 0.6) is 0 Å². The lowest BCUT2D eigenvalue weighted by molar-refractivity contribution is -0.138. The van der Waals surface area contributed by atoms with Crippen LogP contribution in [0.2, 0.25) is 0 Å². The molecule has 4 N–H and O–H groups in total. The number of benzene rings is 1. The molecular weight excluding hydrogens is 366 g/mol. The molecule has 0 radical (unpaired) electrons. The Labute approximate surface area is 140 Å². The molecule has 10 nitrogen and oxygen atoms in total. The van der Waals surface area contributed by atoms with Gasteiger partial charge in [0.1, 0.15) is 6.04 Å². The Morgan fingerprint density at radius 1 is 1.21 bits per heavy atom. The van der Waals surface area contributed by atoms with Crippen LogP contribution in [0.3, 0.4) is 0 Å². The van der Waals surface area contributed by atoms with Gasteiger partial charge in [-0.15, -0.1) is 0 Å². The molecule has 1 atom stereocenters. The number of nitrogens with one attached hydrogen (secondary N) is 1. The molecular formula is C12H19NO9S2. The Bertz CT molecular complexity index is 726. The second-order valence-electron chi connectivity index (χ2n) is 4.35. The number of rotatable bonds is 7. The number of carboxylic acid groups (broad SMARTS) is 1. The molecule has 1 rings (SSSR count). The van der Waals surface area contributed by atoms with Crippen molar-refractivity contribution in [1.82, 2.24) is 0 Å². The molecule has 0 saturated carbocycles. The Morgan fingerprint density at radius 2 is 1.71 bits per heavy atom. The Morgan fingerprint density at radius 3 is 1.96 bits per heavy atom. The number of hydrogen-bond donors (Lipinski definition) is 4. The van der Waals surface area contributed by atoms with E-state index in [0.29, 0.717) is 5.69 Å². The van der Waals surface area contributed by atoms with Crippen LogP contribution in [0.4, 0.5) is 5.69 Å². The van der Waals surface area contributed by atoms with E-state index in [1.807, 2.05) is 0 Å². The lowest BCUT2D eigenvalue weighted by atomic mass is 10.2. The zero-order chi connectivity index (χ0) is 19.0. The van der Waals surface area contributed by atoms with E-state index in [2.05, 4.69) is 9.50 Å². The Kier molecular flexibility index (Phi) is 8.85. The molecule has 0 bridgehead atoms. The first-order valence-electron chi connectivity index (χ1n) is 6.42. The molecule has 12 heteroatoms. The zero-order valence-electron chi connectivity index (χ0n) is 12.9. The molecule has 0 saturated heterocycles. The number of anilines is 1. The Hall–Kier alpha value is -1.73. The van der Waals surface area contributed by atoms with Gasteiger partial charge in [0.15, 0.2) is 9.84 Å². The van der Waals surface area contributed by atoms with Crippen molar-refractivity contribution >= 4 is 31.9 Å². The molecule has 1 unspecified atom stereocenters. The van der Waals surface area contributed by atoms with Crippen LogP contribution in [-0.4, -0.2) is 63.1 Å². The van der Waals surface area contributed by atoms with E-state index in [-0.39, 0.29) is 11.5 Å². The van der Waals surface area contributed by atoms with E-state index < -0.39 is 38.9 Å². The van der Waals surface area contributed by atoms with Crippen LogP contribution in [0.25, 0.3) is 0 Å². The molecule has 0 heterocycles. The average molecular weight is 385 g/mol. The minimum Gasteiger partial charge on any atom is -0.480 e. The first-order chi connectivity index (χ1) is 10.9. The van der Waals surface area contributed by atoms with Gasteiger partial charge in [-0.2, -0.15) is 8.42 Å². The quantitative estimate of drug-likeness (QED) is 0.460. The van der Waals surface area contributed by atoms with Gasteiger partial charge in [0.05, 0.1) is 18.1 Å². The maximum absolute atomic E-state index is 11.2. The van der Waals surface area contributed by atoms with E-state index in [9.17, 15) is 21.6 Å². The normalized spacial score (nSPS) is 12.7. The van der Waals surface area contributed by atoms with Crippen molar-refractivity contribution in [2.75, 3.05) is 24.8 Å². The summed E-state index contributed by atoms with van der Waals surface area (Å²) in [5.41, 5.74) is 0.429. The largest absolute Gasteiger partial charge is 0.480 e. The van der Waals surface area contributed by atoms with Crippen molar-refractivity contribution < 1.29 is 40.6 Å². The predicted molar refractivity (Wildman–Crippen MR) is 84.9 cm³/mol. The van der Waals surface area contributed by atoms with Gasteiger partial charge >= 0.3 is 16.4 Å². The summed E-state index contributed by atoms with van der Waals surface area (Å²) in [6.07, 6.45) is 1.09. The van der Waals surface area contributed by atoms with E-state index in [4.69, 9.17) is 14.8 Å².